The van der Waals surface area contributed by atoms with Crippen molar-refractivity contribution in [1.29, 1.82) is 0 Å². The summed E-state index contributed by atoms with van der Waals surface area (Å²) in [6.45, 7) is 3.71. The molecule has 0 amide bonds. The molecule has 0 bridgehead atoms. The molecule has 0 aliphatic carbocycles. The lowest BCUT2D eigenvalue weighted by Crippen LogP contribution is -2.05. The number of rotatable bonds is 2. The van der Waals surface area contributed by atoms with Crippen molar-refractivity contribution in [2.75, 3.05) is 5.43 Å². The van der Waals surface area contributed by atoms with E-state index in [0.29, 0.717) is 0 Å². The Hall–Kier alpha value is -1.35. The number of para-hydroxylation sites is 1. The smallest absolute Gasteiger partial charge is 0.122 e. The number of nitrogen functional groups attached to an aromatic ring is 1. The van der Waals surface area contributed by atoms with Crippen LogP contribution in [-0.2, 0) is 4.79 Å². The SMILES string of the molecule is CC(C)C=O.NNc1ccccc1. The molecule has 0 heterocycles. The van der Waals surface area contributed by atoms with E-state index in [0.717, 1.165) is 12.0 Å². The van der Waals surface area contributed by atoms with Gasteiger partial charge in [0.05, 0.1) is 0 Å². The van der Waals surface area contributed by atoms with Crippen molar-refractivity contribution in [2.45, 2.75) is 13.8 Å². The molecule has 0 spiro atoms. The van der Waals surface area contributed by atoms with E-state index in [1.807, 2.05) is 44.2 Å². The zero-order chi connectivity index (χ0) is 10.1. The second-order valence-electron chi connectivity index (χ2n) is 2.89. The van der Waals surface area contributed by atoms with Crippen LogP contribution in [0.25, 0.3) is 0 Å². The molecule has 3 nitrogen and oxygen atoms in total. The van der Waals surface area contributed by atoms with Gasteiger partial charge in [-0.3, -0.25) is 5.84 Å². The number of carbonyl (C=O) groups is 1. The Balaban J connectivity index is 0.000000252. The number of hydrogen-bond acceptors (Lipinski definition) is 3. The van der Waals surface area contributed by atoms with Crippen molar-refractivity contribution in [1.82, 2.24) is 0 Å². The molecule has 3 heteroatoms. The maximum Gasteiger partial charge on any atom is 0.122 e. The van der Waals surface area contributed by atoms with Crippen LogP contribution < -0.4 is 11.3 Å². The average Bonchev–Trinajstić information content (AvgIpc) is 2.20. The van der Waals surface area contributed by atoms with Crippen molar-refractivity contribution in [3.8, 4) is 0 Å². The molecule has 0 radical (unpaired) electrons. The van der Waals surface area contributed by atoms with Gasteiger partial charge >= 0.3 is 0 Å². The van der Waals surface area contributed by atoms with Gasteiger partial charge in [-0.15, -0.1) is 0 Å². The number of nitrogens with one attached hydrogen (secondary N) is 1. The van der Waals surface area contributed by atoms with Crippen molar-refractivity contribution < 1.29 is 4.79 Å². The minimum Gasteiger partial charge on any atom is -0.324 e. The monoisotopic (exact) mass is 180 g/mol. The van der Waals surface area contributed by atoms with Crippen LogP contribution in [0, 0.1) is 5.92 Å². The molecule has 0 saturated heterocycles. The molecule has 3 N–H and O–H groups in total. The molecule has 0 atom stereocenters. The Morgan fingerprint density at radius 1 is 1.31 bits per heavy atom. The predicted molar refractivity (Wildman–Crippen MR) is 55.2 cm³/mol. The van der Waals surface area contributed by atoms with Crippen LogP contribution in [0.2, 0.25) is 0 Å². The average molecular weight is 180 g/mol. The first-order valence-corrected chi connectivity index (χ1v) is 4.17. The van der Waals surface area contributed by atoms with Crippen molar-refractivity contribution in [2.24, 2.45) is 11.8 Å². The molecule has 0 saturated carbocycles. The third-order valence-corrected chi connectivity index (χ3v) is 1.21. The minimum absolute atomic E-state index is 0.204. The lowest BCUT2D eigenvalue weighted by atomic mass is 10.3. The van der Waals surface area contributed by atoms with Crippen LogP contribution in [0.1, 0.15) is 13.8 Å². The van der Waals surface area contributed by atoms with Crippen molar-refractivity contribution in [3.05, 3.63) is 30.3 Å². The fraction of sp³-hybridized carbons (Fsp3) is 0.300. The van der Waals surface area contributed by atoms with Crippen LogP contribution in [0.15, 0.2) is 30.3 Å². The van der Waals surface area contributed by atoms with Gasteiger partial charge in [-0.1, -0.05) is 32.0 Å². The van der Waals surface area contributed by atoms with E-state index in [-0.39, 0.29) is 5.92 Å². The summed E-state index contributed by atoms with van der Waals surface area (Å²) in [5.74, 6) is 5.30. The van der Waals surface area contributed by atoms with Crippen LogP contribution in [-0.4, -0.2) is 6.29 Å². The van der Waals surface area contributed by atoms with Crippen LogP contribution in [0.4, 0.5) is 5.69 Å². The first kappa shape index (κ1) is 11.6. The second-order valence-corrected chi connectivity index (χ2v) is 2.89. The Kier molecular flexibility index (Phi) is 6.55. The predicted octanol–water partition coefficient (Wildman–Crippen LogP) is 1.81. The van der Waals surface area contributed by atoms with Crippen molar-refractivity contribution in [3.63, 3.8) is 0 Å². The molecule has 1 rings (SSSR count). The van der Waals surface area contributed by atoms with Crippen LogP contribution >= 0.6 is 0 Å². The molecular formula is C10H16N2O. The van der Waals surface area contributed by atoms with E-state index in [2.05, 4.69) is 5.43 Å². The minimum atomic E-state index is 0.204. The highest BCUT2D eigenvalue weighted by Gasteiger charge is 1.79. The van der Waals surface area contributed by atoms with Gasteiger partial charge < -0.3 is 10.2 Å². The number of aldehydes is 1. The second kappa shape index (κ2) is 7.31. The molecule has 0 fully saturated rings. The zero-order valence-corrected chi connectivity index (χ0v) is 8.03. The molecule has 72 valence electrons. The summed E-state index contributed by atoms with van der Waals surface area (Å²) in [5, 5.41) is 0. The molecule has 0 aliphatic heterocycles. The largest absolute Gasteiger partial charge is 0.324 e. The maximum atomic E-state index is 9.50. The Labute approximate surface area is 78.9 Å². The summed E-state index contributed by atoms with van der Waals surface area (Å²) in [6, 6.07) is 9.60. The fourth-order valence-corrected chi connectivity index (χ4v) is 0.534. The number of nitrogens with two attached hydrogens (primary N) is 1. The van der Waals surface area contributed by atoms with E-state index in [1.165, 1.54) is 0 Å². The quantitative estimate of drug-likeness (QED) is 0.414. The van der Waals surface area contributed by atoms with Crippen LogP contribution in [0.3, 0.4) is 0 Å². The van der Waals surface area contributed by atoms with Gasteiger partial charge in [0, 0.05) is 11.6 Å². The molecular weight excluding hydrogens is 164 g/mol. The molecule has 0 unspecified atom stereocenters. The van der Waals surface area contributed by atoms with E-state index in [9.17, 15) is 4.79 Å². The van der Waals surface area contributed by atoms with E-state index < -0.39 is 0 Å². The molecule has 0 aromatic heterocycles. The van der Waals surface area contributed by atoms with Gasteiger partial charge in [0.15, 0.2) is 0 Å². The van der Waals surface area contributed by atoms with E-state index >= 15 is 0 Å². The molecule has 13 heavy (non-hydrogen) atoms. The Morgan fingerprint density at radius 2 is 1.77 bits per heavy atom. The Bertz CT molecular complexity index is 222. The maximum absolute atomic E-state index is 9.50. The number of hydrogen-bond donors (Lipinski definition) is 2. The normalized spacial score (nSPS) is 8.62. The lowest BCUT2D eigenvalue weighted by Gasteiger charge is -1.94. The first-order valence-electron chi connectivity index (χ1n) is 4.17. The topological polar surface area (TPSA) is 55.1 Å². The number of anilines is 1. The molecule has 1 aromatic carbocycles. The van der Waals surface area contributed by atoms with Crippen molar-refractivity contribution >= 4 is 12.0 Å². The molecule has 1 aromatic rings. The third-order valence-electron chi connectivity index (χ3n) is 1.21. The van der Waals surface area contributed by atoms with Gasteiger partial charge in [0.2, 0.25) is 0 Å². The van der Waals surface area contributed by atoms with Gasteiger partial charge in [-0.25, -0.2) is 0 Å². The highest BCUT2D eigenvalue weighted by molar-refractivity contribution is 5.51. The highest BCUT2D eigenvalue weighted by Crippen LogP contribution is 2.00. The third kappa shape index (κ3) is 7.03. The summed E-state index contributed by atoms with van der Waals surface area (Å²) in [6.07, 6.45) is 0.917. The van der Waals surface area contributed by atoms with Gasteiger partial charge in [0.25, 0.3) is 0 Å². The summed E-state index contributed by atoms with van der Waals surface area (Å²) in [5.41, 5.74) is 3.46. The highest BCUT2D eigenvalue weighted by atomic mass is 16.1. The van der Waals surface area contributed by atoms with Gasteiger partial charge in [0.1, 0.15) is 6.29 Å². The standard InChI is InChI=1S/C6H8N2.C4H8O/c7-8-6-4-2-1-3-5-6;1-4(2)3-5/h1-5,8H,7H2;3-4H,1-2H3. The van der Waals surface area contributed by atoms with E-state index in [4.69, 9.17) is 5.84 Å². The fourth-order valence-electron chi connectivity index (χ4n) is 0.534. The summed E-state index contributed by atoms with van der Waals surface area (Å²) >= 11 is 0. The summed E-state index contributed by atoms with van der Waals surface area (Å²) in [4.78, 5) is 9.50. The zero-order valence-electron chi connectivity index (χ0n) is 8.03. The van der Waals surface area contributed by atoms with Gasteiger partial charge in [-0.05, 0) is 12.1 Å². The number of benzene rings is 1. The summed E-state index contributed by atoms with van der Waals surface area (Å²) in [7, 11) is 0. The summed E-state index contributed by atoms with van der Waals surface area (Å²) < 4.78 is 0. The first-order chi connectivity index (χ1) is 6.20. The van der Waals surface area contributed by atoms with E-state index in [1.54, 1.807) is 0 Å². The lowest BCUT2D eigenvalue weighted by molar-refractivity contribution is -0.110. The number of carbonyl (C=O) groups excluding carboxylic acids is 1. The number of hydrazine groups is 1. The van der Waals surface area contributed by atoms with Crippen LogP contribution in [0.5, 0.6) is 0 Å². The Morgan fingerprint density at radius 3 is 2.00 bits per heavy atom. The van der Waals surface area contributed by atoms with Gasteiger partial charge in [-0.2, -0.15) is 0 Å². The molecule has 0 aliphatic rings.